The molecule has 1 aromatic rings. The van der Waals surface area contributed by atoms with E-state index in [4.69, 9.17) is 17.3 Å². The van der Waals surface area contributed by atoms with Gasteiger partial charge < -0.3 is 9.47 Å². The molecule has 0 aliphatic carbocycles. The molecule has 1 aliphatic rings. The molecule has 0 atom stereocenters. The number of nitrogens with zero attached hydrogens (tertiary/aromatic N) is 2. The summed E-state index contributed by atoms with van der Waals surface area (Å²) in [5.74, 6) is 0.807. The summed E-state index contributed by atoms with van der Waals surface area (Å²) in [7, 11) is 5.37. The highest BCUT2D eigenvalue weighted by molar-refractivity contribution is 6.30. The average molecular weight is 148 g/mol. The highest BCUT2D eigenvalue weighted by atomic mass is 16.6. The van der Waals surface area contributed by atoms with Crippen LogP contribution in [0.5, 0.6) is 11.8 Å². The Morgan fingerprint density at radius 2 is 2.00 bits per heavy atom. The van der Waals surface area contributed by atoms with Crippen molar-refractivity contribution >= 4 is 13.4 Å². The fourth-order valence-electron chi connectivity index (χ4n) is 0.844. The van der Waals surface area contributed by atoms with Crippen molar-refractivity contribution in [3.63, 3.8) is 0 Å². The van der Waals surface area contributed by atoms with E-state index in [9.17, 15) is 0 Å². The first-order chi connectivity index (χ1) is 5.36. The van der Waals surface area contributed by atoms with Crippen LogP contribution in [0.15, 0.2) is 6.20 Å². The summed E-state index contributed by atoms with van der Waals surface area (Å²) in [4.78, 5) is 7.77. The van der Waals surface area contributed by atoms with Crippen molar-refractivity contribution < 1.29 is 9.47 Å². The van der Waals surface area contributed by atoms with Crippen molar-refractivity contribution in [3.05, 3.63) is 6.20 Å². The number of ether oxygens (including phenoxy) is 2. The van der Waals surface area contributed by atoms with Gasteiger partial charge in [-0.05, 0) is 0 Å². The molecule has 2 heterocycles. The van der Waals surface area contributed by atoms with Crippen molar-refractivity contribution in [1.82, 2.24) is 9.97 Å². The molecule has 11 heavy (non-hydrogen) atoms. The maximum Gasteiger partial charge on any atom is 0.278 e. The van der Waals surface area contributed by atoms with Crippen LogP contribution in [-0.2, 0) is 0 Å². The first-order valence-corrected chi connectivity index (χ1v) is 3.24. The molecule has 2 rings (SSSR count). The molecule has 1 aliphatic heterocycles. The number of aromatic nitrogens is 2. The Labute approximate surface area is 65.0 Å². The van der Waals surface area contributed by atoms with Crippen molar-refractivity contribution in [2.24, 2.45) is 0 Å². The van der Waals surface area contributed by atoms with Gasteiger partial charge in [0, 0.05) is 11.8 Å². The van der Waals surface area contributed by atoms with E-state index in [1.165, 1.54) is 6.20 Å². The van der Waals surface area contributed by atoms with Crippen LogP contribution in [-0.4, -0.2) is 31.0 Å². The largest absolute Gasteiger partial charge is 0.470 e. The van der Waals surface area contributed by atoms with E-state index in [1.807, 2.05) is 0 Å². The van der Waals surface area contributed by atoms with Crippen molar-refractivity contribution in [3.8, 4) is 11.8 Å². The molecule has 0 aromatic carbocycles. The van der Waals surface area contributed by atoms with Crippen molar-refractivity contribution in [2.45, 2.75) is 0 Å². The van der Waals surface area contributed by atoms with E-state index in [1.54, 1.807) is 0 Å². The third-order valence-electron chi connectivity index (χ3n) is 1.29. The zero-order valence-electron chi connectivity index (χ0n) is 5.78. The first-order valence-electron chi connectivity index (χ1n) is 3.24. The molecule has 0 fully saturated rings. The van der Waals surface area contributed by atoms with Crippen LogP contribution >= 0.6 is 0 Å². The van der Waals surface area contributed by atoms with Crippen LogP contribution in [0.1, 0.15) is 0 Å². The van der Waals surface area contributed by atoms with Crippen LogP contribution in [0.2, 0.25) is 0 Å². The highest BCUT2D eigenvalue weighted by Gasteiger charge is 2.13. The Balaban J connectivity index is 2.43. The highest BCUT2D eigenvalue weighted by Crippen LogP contribution is 2.21. The maximum atomic E-state index is 5.37. The fraction of sp³-hybridized carbons (Fsp3) is 0.333. The smallest absolute Gasteiger partial charge is 0.278 e. The SMILES string of the molecule is [B]c1cnc2c(n1)OCCO2. The Morgan fingerprint density at radius 1 is 1.27 bits per heavy atom. The second-order valence-electron chi connectivity index (χ2n) is 2.10. The van der Waals surface area contributed by atoms with Gasteiger partial charge in [-0.2, -0.15) is 0 Å². The van der Waals surface area contributed by atoms with Crippen molar-refractivity contribution in [1.29, 1.82) is 0 Å². The topological polar surface area (TPSA) is 44.2 Å². The summed E-state index contributed by atoms with van der Waals surface area (Å²) in [6.45, 7) is 1.02. The molecule has 0 unspecified atom stereocenters. The Morgan fingerprint density at radius 3 is 2.82 bits per heavy atom. The van der Waals surface area contributed by atoms with Gasteiger partial charge in [-0.3, -0.25) is 0 Å². The van der Waals surface area contributed by atoms with Crippen molar-refractivity contribution in [2.75, 3.05) is 13.2 Å². The molecular formula is C6H5BN2O2. The molecule has 54 valence electrons. The van der Waals surface area contributed by atoms with Crippen LogP contribution in [0.25, 0.3) is 0 Å². The normalized spacial score (nSPS) is 14.5. The number of rotatable bonds is 0. The molecule has 0 spiro atoms. The lowest BCUT2D eigenvalue weighted by molar-refractivity contribution is 0.157. The molecule has 0 saturated heterocycles. The van der Waals surface area contributed by atoms with Gasteiger partial charge in [0.05, 0.1) is 0 Å². The molecule has 0 N–H and O–H groups in total. The van der Waals surface area contributed by atoms with Crippen LogP contribution in [0.3, 0.4) is 0 Å². The second-order valence-corrected chi connectivity index (χ2v) is 2.10. The molecule has 1 aromatic heterocycles. The molecule has 0 bridgehead atoms. The first kappa shape index (κ1) is 6.45. The van der Waals surface area contributed by atoms with Gasteiger partial charge in [0.2, 0.25) is 0 Å². The Bertz CT molecular complexity index is 279. The lowest BCUT2D eigenvalue weighted by Gasteiger charge is -2.15. The van der Waals surface area contributed by atoms with E-state index >= 15 is 0 Å². The van der Waals surface area contributed by atoms with Gasteiger partial charge in [-0.25, -0.2) is 9.97 Å². The molecular weight excluding hydrogens is 143 g/mol. The van der Waals surface area contributed by atoms with E-state index in [2.05, 4.69) is 9.97 Å². The van der Waals surface area contributed by atoms with E-state index in [-0.39, 0.29) is 0 Å². The quantitative estimate of drug-likeness (QED) is 0.444. The predicted octanol–water partition coefficient (Wildman–Crippen LogP) is -0.958. The summed E-state index contributed by atoms with van der Waals surface area (Å²) in [6, 6.07) is 0. The number of hydrogen-bond acceptors (Lipinski definition) is 4. The van der Waals surface area contributed by atoms with E-state index in [0.29, 0.717) is 30.6 Å². The lowest BCUT2D eigenvalue weighted by Crippen LogP contribution is -2.21. The molecule has 0 amide bonds. The van der Waals surface area contributed by atoms with E-state index < -0.39 is 0 Å². The summed E-state index contributed by atoms with van der Waals surface area (Å²) >= 11 is 0. The molecule has 5 heteroatoms. The maximum absolute atomic E-state index is 5.37. The molecule has 4 nitrogen and oxygen atoms in total. The van der Waals surface area contributed by atoms with Gasteiger partial charge in [-0.1, -0.05) is 0 Å². The van der Waals surface area contributed by atoms with Gasteiger partial charge in [0.1, 0.15) is 21.1 Å². The van der Waals surface area contributed by atoms with Crippen LogP contribution in [0, 0.1) is 0 Å². The average Bonchev–Trinajstić information content (AvgIpc) is 2.04. The van der Waals surface area contributed by atoms with E-state index in [0.717, 1.165) is 0 Å². The van der Waals surface area contributed by atoms with Gasteiger partial charge in [0.15, 0.2) is 0 Å². The standard InChI is InChI=1S/C6H5BN2O2/c7-4-3-8-5-6(9-4)11-2-1-10-5/h3H,1-2H2. The zero-order chi connectivity index (χ0) is 7.68. The number of hydrogen-bond donors (Lipinski definition) is 0. The minimum atomic E-state index is 0.342. The summed E-state index contributed by atoms with van der Waals surface area (Å²) in [5, 5.41) is 0. The predicted molar refractivity (Wildman–Crippen MR) is 38.4 cm³/mol. The van der Waals surface area contributed by atoms with Gasteiger partial charge >= 0.3 is 0 Å². The third-order valence-corrected chi connectivity index (χ3v) is 1.29. The molecule has 0 saturated carbocycles. The Kier molecular flexibility index (Phi) is 1.42. The monoisotopic (exact) mass is 148 g/mol. The fourth-order valence-corrected chi connectivity index (χ4v) is 0.844. The zero-order valence-corrected chi connectivity index (χ0v) is 5.78. The minimum Gasteiger partial charge on any atom is -0.470 e. The van der Waals surface area contributed by atoms with Crippen LogP contribution < -0.4 is 15.1 Å². The van der Waals surface area contributed by atoms with Crippen LogP contribution in [0.4, 0.5) is 0 Å². The number of fused-ring (bicyclic) bond motifs is 1. The molecule has 2 radical (unpaired) electrons. The summed E-state index contributed by atoms with van der Waals surface area (Å²) in [6.07, 6.45) is 1.44. The summed E-state index contributed by atoms with van der Waals surface area (Å²) < 4.78 is 10.2. The van der Waals surface area contributed by atoms with Gasteiger partial charge in [0.25, 0.3) is 11.8 Å². The second kappa shape index (κ2) is 2.41. The lowest BCUT2D eigenvalue weighted by atomic mass is 10.1. The summed E-state index contributed by atoms with van der Waals surface area (Å²) in [5.41, 5.74) is 0.342. The minimum absolute atomic E-state index is 0.342. The third kappa shape index (κ3) is 1.13. The van der Waals surface area contributed by atoms with Gasteiger partial charge in [-0.15, -0.1) is 0 Å². The Hall–Kier alpha value is -1.26.